The van der Waals surface area contributed by atoms with E-state index in [-0.39, 0.29) is 23.1 Å². The molecule has 2 N–H and O–H groups in total. The summed E-state index contributed by atoms with van der Waals surface area (Å²) in [6.07, 6.45) is 1.40. The molecule has 2 amide bonds. The van der Waals surface area contributed by atoms with Crippen molar-refractivity contribution in [2.45, 2.75) is 6.54 Å². The summed E-state index contributed by atoms with van der Waals surface area (Å²) in [6.45, 7) is 0.375. The lowest BCUT2D eigenvalue weighted by Gasteiger charge is -2.25. The molecule has 0 aliphatic carbocycles. The van der Waals surface area contributed by atoms with Crippen LogP contribution in [0.4, 0.5) is 10.6 Å². The van der Waals surface area contributed by atoms with E-state index in [4.69, 9.17) is 0 Å². The molecule has 0 spiro atoms. The molecule has 3 rings (SSSR count). The number of rotatable bonds is 2. The van der Waals surface area contributed by atoms with Crippen molar-refractivity contribution in [3.63, 3.8) is 0 Å². The van der Waals surface area contributed by atoms with Gasteiger partial charge in [-0.3, -0.25) is 10.1 Å². The highest BCUT2D eigenvalue weighted by Crippen LogP contribution is 2.26. The van der Waals surface area contributed by atoms with Crippen LogP contribution in [-0.4, -0.2) is 33.9 Å². The van der Waals surface area contributed by atoms with Gasteiger partial charge in [0.05, 0.1) is 12.1 Å². The summed E-state index contributed by atoms with van der Waals surface area (Å²) in [5, 5.41) is 12.5. The van der Waals surface area contributed by atoms with Gasteiger partial charge in [-0.05, 0) is 24.3 Å². The first-order valence-electron chi connectivity index (χ1n) is 6.50. The van der Waals surface area contributed by atoms with Crippen molar-refractivity contribution in [3.8, 4) is 5.75 Å². The zero-order valence-corrected chi connectivity index (χ0v) is 13.2. The van der Waals surface area contributed by atoms with E-state index in [1.165, 1.54) is 17.2 Å². The first-order chi connectivity index (χ1) is 10.5. The predicted molar refractivity (Wildman–Crippen MR) is 84.0 cm³/mol. The SMILES string of the molecule is CN1Cc2cc(C(=O)c3cc(Br)ccc3O)cnc2NC1=O. The lowest BCUT2D eigenvalue weighted by atomic mass is 10.0. The van der Waals surface area contributed by atoms with Gasteiger partial charge >= 0.3 is 6.03 Å². The number of aromatic hydroxyl groups is 1. The fourth-order valence-corrected chi connectivity index (χ4v) is 2.60. The van der Waals surface area contributed by atoms with Gasteiger partial charge < -0.3 is 10.0 Å². The maximum atomic E-state index is 12.5. The number of halogens is 1. The number of hydrogen-bond donors (Lipinski definition) is 2. The van der Waals surface area contributed by atoms with E-state index in [9.17, 15) is 14.7 Å². The first kappa shape index (κ1) is 14.5. The number of carbonyl (C=O) groups is 2. The van der Waals surface area contributed by atoms with Crippen molar-refractivity contribution in [1.82, 2.24) is 9.88 Å². The van der Waals surface area contributed by atoms with E-state index in [0.29, 0.717) is 22.4 Å². The van der Waals surface area contributed by atoms with Gasteiger partial charge in [0.15, 0.2) is 5.78 Å². The minimum Gasteiger partial charge on any atom is -0.507 e. The van der Waals surface area contributed by atoms with Gasteiger partial charge in [-0.25, -0.2) is 9.78 Å². The quantitative estimate of drug-likeness (QED) is 0.805. The third kappa shape index (κ3) is 2.55. The molecule has 1 aromatic carbocycles. The van der Waals surface area contributed by atoms with Crippen LogP contribution in [0.3, 0.4) is 0 Å². The number of carbonyl (C=O) groups excluding carboxylic acids is 2. The van der Waals surface area contributed by atoms with E-state index < -0.39 is 0 Å². The van der Waals surface area contributed by atoms with Gasteiger partial charge in [-0.15, -0.1) is 0 Å². The number of fused-ring (bicyclic) bond motifs is 1. The van der Waals surface area contributed by atoms with Crippen molar-refractivity contribution in [2.24, 2.45) is 0 Å². The van der Waals surface area contributed by atoms with Crippen LogP contribution >= 0.6 is 15.9 Å². The third-order valence-electron chi connectivity index (χ3n) is 3.41. The summed E-state index contributed by atoms with van der Waals surface area (Å²) >= 11 is 3.28. The highest BCUT2D eigenvalue weighted by atomic mass is 79.9. The minimum atomic E-state index is -0.325. The van der Waals surface area contributed by atoms with Crippen LogP contribution in [0.5, 0.6) is 5.75 Å². The zero-order valence-electron chi connectivity index (χ0n) is 11.6. The van der Waals surface area contributed by atoms with E-state index in [1.807, 2.05) is 0 Å². The Morgan fingerprint density at radius 1 is 1.41 bits per heavy atom. The predicted octanol–water partition coefficient (Wildman–Crippen LogP) is 2.76. The average molecular weight is 362 g/mol. The molecule has 0 unspecified atom stereocenters. The fourth-order valence-electron chi connectivity index (χ4n) is 2.24. The summed E-state index contributed by atoms with van der Waals surface area (Å²) in [5.74, 6) is 0.0445. The largest absolute Gasteiger partial charge is 0.507 e. The summed E-state index contributed by atoms with van der Waals surface area (Å²) in [7, 11) is 1.66. The molecule has 0 fully saturated rings. The lowest BCUT2D eigenvalue weighted by Crippen LogP contribution is -2.36. The number of nitrogens with one attached hydrogen (secondary N) is 1. The Morgan fingerprint density at radius 3 is 2.95 bits per heavy atom. The number of hydrogen-bond acceptors (Lipinski definition) is 4. The molecule has 0 bridgehead atoms. The standard InChI is InChI=1S/C15H12BrN3O3/c1-19-7-9-4-8(6-17-14(9)18-15(19)22)13(21)11-5-10(16)2-3-12(11)20/h2-6,20H,7H2,1H3,(H,17,18,22). The minimum absolute atomic E-state index is 0.0867. The van der Waals surface area contributed by atoms with Gasteiger partial charge in [-0.2, -0.15) is 0 Å². The number of aromatic nitrogens is 1. The zero-order chi connectivity index (χ0) is 15.9. The van der Waals surface area contributed by atoms with Crippen LogP contribution < -0.4 is 5.32 Å². The average Bonchev–Trinajstić information content (AvgIpc) is 2.50. The van der Waals surface area contributed by atoms with E-state index in [2.05, 4.69) is 26.2 Å². The van der Waals surface area contributed by atoms with Crippen molar-refractivity contribution in [1.29, 1.82) is 0 Å². The number of phenols is 1. The molecule has 0 radical (unpaired) electrons. The Balaban J connectivity index is 1.99. The molecule has 0 saturated heterocycles. The van der Waals surface area contributed by atoms with Crippen LogP contribution in [-0.2, 0) is 6.54 Å². The molecular weight excluding hydrogens is 350 g/mol. The fraction of sp³-hybridized carbons (Fsp3) is 0.133. The van der Waals surface area contributed by atoms with Gasteiger partial charge in [-0.1, -0.05) is 15.9 Å². The van der Waals surface area contributed by atoms with Gasteiger partial charge in [0.2, 0.25) is 0 Å². The van der Waals surface area contributed by atoms with E-state index in [1.54, 1.807) is 25.2 Å². The number of benzene rings is 1. The number of ketones is 1. The number of amides is 2. The molecule has 1 aliphatic rings. The van der Waals surface area contributed by atoms with Crippen molar-refractivity contribution in [2.75, 3.05) is 12.4 Å². The Kier molecular flexibility index (Phi) is 3.58. The lowest BCUT2D eigenvalue weighted by molar-refractivity contribution is 0.103. The van der Waals surface area contributed by atoms with E-state index >= 15 is 0 Å². The second-order valence-corrected chi connectivity index (χ2v) is 5.92. The molecule has 2 aromatic rings. The highest BCUT2D eigenvalue weighted by Gasteiger charge is 2.22. The Bertz CT molecular complexity index is 792. The molecule has 22 heavy (non-hydrogen) atoms. The molecule has 1 aromatic heterocycles. The first-order valence-corrected chi connectivity index (χ1v) is 7.29. The van der Waals surface area contributed by atoms with Gasteiger partial charge in [0, 0.05) is 28.8 Å². The van der Waals surface area contributed by atoms with Crippen LogP contribution in [0.1, 0.15) is 21.5 Å². The molecule has 0 saturated carbocycles. The summed E-state index contributed by atoms with van der Waals surface area (Å²) in [4.78, 5) is 29.7. The maximum Gasteiger partial charge on any atom is 0.323 e. The Labute approximate surface area is 134 Å². The second-order valence-electron chi connectivity index (χ2n) is 5.01. The smallest absolute Gasteiger partial charge is 0.323 e. The molecule has 6 nitrogen and oxygen atoms in total. The van der Waals surface area contributed by atoms with Gasteiger partial charge in [0.1, 0.15) is 11.6 Å². The summed E-state index contributed by atoms with van der Waals surface area (Å²) in [5.41, 5.74) is 1.31. The number of nitrogens with zero attached hydrogens (tertiary/aromatic N) is 2. The van der Waals surface area contributed by atoms with Crippen LogP contribution in [0.15, 0.2) is 34.9 Å². The Hall–Kier alpha value is -2.41. The van der Waals surface area contributed by atoms with Crippen molar-refractivity contribution in [3.05, 3.63) is 51.6 Å². The van der Waals surface area contributed by atoms with Crippen molar-refractivity contribution < 1.29 is 14.7 Å². The monoisotopic (exact) mass is 361 g/mol. The van der Waals surface area contributed by atoms with Crippen molar-refractivity contribution >= 4 is 33.6 Å². The van der Waals surface area contributed by atoms with E-state index in [0.717, 1.165) is 5.56 Å². The Morgan fingerprint density at radius 2 is 2.18 bits per heavy atom. The normalized spacial score (nSPS) is 13.5. The number of anilines is 1. The van der Waals surface area contributed by atoms with Crippen LogP contribution in [0, 0.1) is 0 Å². The molecule has 7 heteroatoms. The van der Waals surface area contributed by atoms with Crippen LogP contribution in [0.25, 0.3) is 0 Å². The number of urea groups is 1. The van der Waals surface area contributed by atoms with Gasteiger partial charge in [0.25, 0.3) is 0 Å². The highest BCUT2D eigenvalue weighted by molar-refractivity contribution is 9.10. The maximum absolute atomic E-state index is 12.5. The third-order valence-corrected chi connectivity index (χ3v) is 3.90. The van der Waals surface area contributed by atoms with Crippen LogP contribution in [0.2, 0.25) is 0 Å². The number of pyridine rings is 1. The number of phenolic OH excluding ortho intramolecular Hbond substituents is 1. The second kappa shape index (κ2) is 5.42. The molecule has 0 atom stereocenters. The molecule has 112 valence electrons. The molecule has 1 aliphatic heterocycles. The molecular formula is C15H12BrN3O3. The topological polar surface area (TPSA) is 82.5 Å². The molecule has 2 heterocycles. The summed E-state index contributed by atoms with van der Waals surface area (Å²) < 4.78 is 0.701. The summed E-state index contributed by atoms with van der Waals surface area (Å²) in [6, 6.07) is 6.12.